The van der Waals surface area contributed by atoms with Gasteiger partial charge in [0.15, 0.2) is 0 Å². The van der Waals surface area contributed by atoms with E-state index < -0.39 is 0 Å². The van der Waals surface area contributed by atoms with E-state index in [1.165, 1.54) is 0 Å². The van der Waals surface area contributed by atoms with Gasteiger partial charge in [0, 0.05) is 24.7 Å². The van der Waals surface area contributed by atoms with Gasteiger partial charge in [-0.15, -0.1) is 0 Å². The van der Waals surface area contributed by atoms with Crippen LogP contribution < -0.4 is 5.32 Å². The molecule has 22 heavy (non-hydrogen) atoms. The van der Waals surface area contributed by atoms with E-state index in [2.05, 4.69) is 17.1 Å². The summed E-state index contributed by atoms with van der Waals surface area (Å²) in [7, 11) is 1.98. The van der Waals surface area contributed by atoms with Crippen molar-refractivity contribution in [2.75, 3.05) is 18.9 Å². The molecule has 0 fully saturated rings. The molecule has 0 spiro atoms. The maximum absolute atomic E-state index is 12.0. The van der Waals surface area contributed by atoms with Crippen molar-refractivity contribution in [1.82, 2.24) is 4.90 Å². The summed E-state index contributed by atoms with van der Waals surface area (Å²) in [5.74, 6) is 0.265. The summed E-state index contributed by atoms with van der Waals surface area (Å²) in [6.45, 7) is 2.71. The lowest BCUT2D eigenvalue weighted by Crippen LogP contribution is -2.27. The average Bonchev–Trinajstić information content (AvgIpc) is 2.53. The predicted octanol–water partition coefficient (Wildman–Crippen LogP) is 3.41. The maximum atomic E-state index is 12.0. The van der Waals surface area contributed by atoms with Crippen molar-refractivity contribution in [2.45, 2.75) is 19.4 Å². The van der Waals surface area contributed by atoms with Gasteiger partial charge in [0.2, 0.25) is 5.91 Å². The number of hydrogen-bond donors (Lipinski definition) is 2. The predicted molar refractivity (Wildman–Crippen MR) is 88.8 cm³/mol. The quantitative estimate of drug-likeness (QED) is 0.859. The topological polar surface area (TPSA) is 52.6 Å². The van der Waals surface area contributed by atoms with E-state index in [-0.39, 0.29) is 17.7 Å². The van der Waals surface area contributed by atoms with E-state index in [1.807, 2.05) is 49.5 Å². The summed E-state index contributed by atoms with van der Waals surface area (Å²) in [5, 5.41) is 12.4. The lowest BCUT2D eigenvalue weighted by atomic mass is 10.1. The fraction of sp³-hybridized carbons (Fsp3) is 0.278. The summed E-state index contributed by atoms with van der Waals surface area (Å²) < 4.78 is 0. The van der Waals surface area contributed by atoms with Crippen LogP contribution in [-0.2, 0) is 4.79 Å². The lowest BCUT2D eigenvalue weighted by molar-refractivity contribution is -0.116. The molecule has 2 N–H and O–H groups in total. The highest BCUT2D eigenvalue weighted by Crippen LogP contribution is 2.22. The van der Waals surface area contributed by atoms with Crippen LogP contribution in [-0.4, -0.2) is 29.5 Å². The first-order valence-electron chi connectivity index (χ1n) is 7.40. The normalized spacial score (nSPS) is 12.1. The molecule has 1 amide bonds. The monoisotopic (exact) mass is 298 g/mol. The van der Waals surface area contributed by atoms with E-state index in [0.29, 0.717) is 13.0 Å². The van der Waals surface area contributed by atoms with Crippen molar-refractivity contribution >= 4 is 11.6 Å². The number of nitrogens with one attached hydrogen (secondary N) is 1. The van der Waals surface area contributed by atoms with Crippen molar-refractivity contribution in [3.63, 3.8) is 0 Å². The van der Waals surface area contributed by atoms with Gasteiger partial charge >= 0.3 is 0 Å². The minimum Gasteiger partial charge on any atom is -0.508 e. The van der Waals surface area contributed by atoms with E-state index >= 15 is 0 Å². The number of benzene rings is 2. The van der Waals surface area contributed by atoms with Gasteiger partial charge in [-0.05, 0) is 43.8 Å². The molecule has 0 radical (unpaired) electrons. The Morgan fingerprint density at radius 1 is 1.18 bits per heavy atom. The van der Waals surface area contributed by atoms with Gasteiger partial charge in [-0.25, -0.2) is 0 Å². The molecule has 2 aromatic carbocycles. The third kappa shape index (κ3) is 4.60. The fourth-order valence-corrected chi connectivity index (χ4v) is 2.26. The Hall–Kier alpha value is -2.33. The molecule has 4 heteroatoms. The number of phenolic OH excluding ortho intramolecular Hbond substituents is 1. The number of carbonyl (C=O) groups excluding carboxylic acids is 1. The Balaban J connectivity index is 1.84. The van der Waals surface area contributed by atoms with Crippen LogP contribution in [0.1, 0.15) is 24.9 Å². The fourth-order valence-electron chi connectivity index (χ4n) is 2.26. The first kappa shape index (κ1) is 16.0. The van der Waals surface area contributed by atoms with Crippen molar-refractivity contribution < 1.29 is 9.90 Å². The number of amides is 1. The number of hydrogen-bond acceptors (Lipinski definition) is 3. The molecule has 0 bridgehead atoms. The Labute approximate surface area is 131 Å². The smallest absolute Gasteiger partial charge is 0.225 e. The summed E-state index contributed by atoms with van der Waals surface area (Å²) >= 11 is 0. The van der Waals surface area contributed by atoms with E-state index in [9.17, 15) is 9.90 Å². The Bertz CT molecular complexity index is 613. The zero-order valence-electron chi connectivity index (χ0n) is 13.0. The van der Waals surface area contributed by atoms with Crippen LogP contribution in [0.3, 0.4) is 0 Å². The Kier molecular flexibility index (Phi) is 5.55. The number of anilines is 1. The van der Waals surface area contributed by atoms with Gasteiger partial charge in [0.1, 0.15) is 5.75 Å². The minimum atomic E-state index is 0.00107. The molecular weight excluding hydrogens is 276 g/mol. The molecule has 1 atom stereocenters. The third-order valence-corrected chi connectivity index (χ3v) is 3.76. The van der Waals surface area contributed by atoms with Gasteiger partial charge in [-0.2, -0.15) is 0 Å². The minimum absolute atomic E-state index is 0.00107. The lowest BCUT2D eigenvalue weighted by Gasteiger charge is -2.25. The van der Waals surface area contributed by atoms with Crippen LogP contribution in [0.25, 0.3) is 0 Å². The Morgan fingerprint density at radius 2 is 1.91 bits per heavy atom. The standard InChI is InChI=1S/C18H22N2O2/c1-14(15-7-6-10-17(21)13-15)20(2)12-11-18(22)19-16-8-4-3-5-9-16/h3-10,13-14,21H,11-12H2,1-2H3,(H,19,22). The molecule has 0 heterocycles. The van der Waals surface area contributed by atoms with E-state index in [0.717, 1.165) is 11.3 Å². The van der Waals surface area contributed by atoms with Crippen LogP contribution in [0.5, 0.6) is 5.75 Å². The van der Waals surface area contributed by atoms with Crippen LogP contribution in [0.15, 0.2) is 54.6 Å². The molecule has 0 aliphatic carbocycles. The first-order chi connectivity index (χ1) is 10.6. The summed E-state index contributed by atoms with van der Waals surface area (Å²) in [6, 6.07) is 16.8. The Morgan fingerprint density at radius 3 is 2.59 bits per heavy atom. The molecule has 0 aromatic heterocycles. The first-order valence-corrected chi connectivity index (χ1v) is 7.40. The molecule has 2 aromatic rings. The molecule has 0 aliphatic rings. The van der Waals surface area contributed by atoms with Crippen molar-refractivity contribution in [1.29, 1.82) is 0 Å². The second-order valence-electron chi connectivity index (χ2n) is 5.42. The van der Waals surface area contributed by atoms with Gasteiger partial charge in [-0.3, -0.25) is 9.69 Å². The molecular formula is C18H22N2O2. The number of carbonyl (C=O) groups is 1. The van der Waals surface area contributed by atoms with E-state index in [4.69, 9.17) is 0 Å². The SMILES string of the molecule is CC(c1cccc(O)c1)N(C)CCC(=O)Nc1ccccc1. The summed E-state index contributed by atoms with van der Waals surface area (Å²) in [4.78, 5) is 14.0. The molecule has 4 nitrogen and oxygen atoms in total. The third-order valence-electron chi connectivity index (χ3n) is 3.76. The zero-order chi connectivity index (χ0) is 15.9. The number of aromatic hydroxyl groups is 1. The highest BCUT2D eigenvalue weighted by atomic mass is 16.3. The van der Waals surface area contributed by atoms with Crippen LogP contribution >= 0.6 is 0 Å². The van der Waals surface area contributed by atoms with Crippen molar-refractivity contribution in [2.24, 2.45) is 0 Å². The van der Waals surface area contributed by atoms with Gasteiger partial charge in [0.25, 0.3) is 0 Å². The summed E-state index contributed by atoms with van der Waals surface area (Å²) in [5.41, 5.74) is 1.85. The number of phenols is 1. The molecule has 0 saturated carbocycles. The average molecular weight is 298 g/mol. The zero-order valence-corrected chi connectivity index (χ0v) is 13.0. The number of nitrogens with zero attached hydrogens (tertiary/aromatic N) is 1. The molecule has 2 rings (SSSR count). The van der Waals surface area contributed by atoms with Crippen LogP contribution in [0, 0.1) is 0 Å². The van der Waals surface area contributed by atoms with Crippen LogP contribution in [0.4, 0.5) is 5.69 Å². The summed E-state index contributed by atoms with van der Waals surface area (Å²) in [6.07, 6.45) is 0.425. The van der Waals surface area contributed by atoms with Gasteiger partial charge in [0.05, 0.1) is 0 Å². The van der Waals surface area contributed by atoms with Crippen molar-refractivity contribution in [3.8, 4) is 5.75 Å². The van der Waals surface area contributed by atoms with E-state index in [1.54, 1.807) is 12.1 Å². The molecule has 1 unspecified atom stereocenters. The molecule has 0 aliphatic heterocycles. The maximum Gasteiger partial charge on any atom is 0.225 e. The second kappa shape index (κ2) is 7.61. The molecule has 116 valence electrons. The number of para-hydroxylation sites is 1. The van der Waals surface area contributed by atoms with Gasteiger partial charge in [-0.1, -0.05) is 30.3 Å². The number of rotatable bonds is 6. The van der Waals surface area contributed by atoms with Gasteiger partial charge < -0.3 is 10.4 Å². The second-order valence-corrected chi connectivity index (χ2v) is 5.42. The van der Waals surface area contributed by atoms with Crippen molar-refractivity contribution in [3.05, 3.63) is 60.2 Å². The molecule has 0 saturated heterocycles. The largest absolute Gasteiger partial charge is 0.508 e. The highest BCUT2D eigenvalue weighted by Gasteiger charge is 2.13. The van der Waals surface area contributed by atoms with Crippen LogP contribution in [0.2, 0.25) is 0 Å². The highest BCUT2D eigenvalue weighted by molar-refractivity contribution is 5.90.